The van der Waals surface area contributed by atoms with Crippen molar-refractivity contribution in [3.8, 4) is 0 Å². The predicted octanol–water partition coefficient (Wildman–Crippen LogP) is 2.92. The van der Waals surface area contributed by atoms with E-state index >= 15 is 0 Å². The maximum Gasteiger partial charge on any atom is 0.256 e. The van der Waals surface area contributed by atoms with Crippen LogP contribution in [0.15, 0.2) is 18.3 Å². The molecule has 2 rings (SSSR count). The number of rotatable bonds is 3. The van der Waals surface area contributed by atoms with Crippen molar-refractivity contribution >= 4 is 5.91 Å². The van der Waals surface area contributed by atoms with E-state index in [1.807, 2.05) is 0 Å². The Kier molecular flexibility index (Phi) is 4.28. The summed E-state index contributed by atoms with van der Waals surface area (Å²) < 4.78 is 13.4. The molecule has 1 saturated carbocycles. The molecule has 18 heavy (non-hydrogen) atoms. The first-order chi connectivity index (χ1) is 8.70. The first kappa shape index (κ1) is 13.0. The van der Waals surface area contributed by atoms with E-state index in [-0.39, 0.29) is 17.5 Å². The lowest BCUT2D eigenvalue weighted by Crippen LogP contribution is -2.38. The first-order valence-corrected chi connectivity index (χ1v) is 6.62. The molecule has 2 unspecified atom stereocenters. The second-order valence-electron chi connectivity index (χ2n) is 4.95. The Morgan fingerprint density at radius 3 is 3.11 bits per heavy atom. The topological polar surface area (TPSA) is 42.0 Å². The summed E-state index contributed by atoms with van der Waals surface area (Å²) in [5.74, 6) is -0.358. The maximum absolute atomic E-state index is 13.4. The van der Waals surface area contributed by atoms with Crippen molar-refractivity contribution < 1.29 is 9.18 Å². The van der Waals surface area contributed by atoms with E-state index in [0.29, 0.717) is 5.92 Å². The molecule has 1 aromatic rings. The molecule has 1 fully saturated rings. The van der Waals surface area contributed by atoms with Crippen LogP contribution in [0.1, 0.15) is 49.4 Å². The van der Waals surface area contributed by atoms with E-state index < -0.39 is 5.95 Å². The van der Waals surface area contributed by atoms with Gasteiger partial charge in [0.15, 0.2) is 0 Å². The second-order valence-corrected chi connectivity index (χ2v) is 4.95. The fraction of sp³-hybridized carbons (Fsp3) is 0.571. The van der Waals surface area contributed by atoms with Gasteiger partial charge in [0.25, 0.3) is 5.91 Å². The molecule has 3 nitrogen and oxygen atoms in total. The van der Waals surface area contributed by atoms with Crippen molar-refractivity contribution in [3.63, 3.8) is 0 Å². The van der Waals surface area contributed by atoms with E-state index in [1.54, 1.807) is 6.07 Å². The van der Waals surface area contributed by atoms with Crippen LogP contribution < -0.4 is 5.32 Å². The maximum atomic E-state index is 13.4. The van der Waals surface area contributed by atoms with Gasteiger partial charge in [0.2, 0.25) is 5.95 Å². The van der Waals surface area contributed by atoms with Gasteiger partial charge >= 0.3 is 0 Å². The molecule has 98 valence electrons. The Balaban J connectivity index is 1.97. The highest BCUT2D eigenvalue weighted by molar-refractivity contribution is 5.94. The van der Waals surface area contributed by atoms with Crippen LogP contribution in [-0.4, -0.2) is 16.9 Å². The Morgan fingerprint density at radius 2 is 2.39 bits per heavy atom. The summed E-state index contributed by atoms with van der Waals surface area (Å²) in [5, 5.41) is 2.92. The van der Waals surface area contributed by atoms with Crippen LogP contribution in [0.5, 0.6) is 0 Å². The third-order valence-corrected chi connectivity index (χ3v) is 3.70. The van der Waals surface area contributed by atoms with E-state index in [1.165, 1.54) is 18.7 Å². The molecule has 0 spiro atoms. The minimum absolute atomic E-state index is 0.0381. The third-order valence-electron chi connectivity index (χ3n) is 3.70. The van der Waals surface area contributed by atoms with Gasteiger partial charge in [-0.3, -0.25) is 4.79 Å². The van der Waals surface area contributed by atoms with Crippen LogP contribution in [0.3, 0.4) is 0 Å². The molecule has 0 saturated heterocycles. The molecule has 1 aliphatic carbocycles. The summed E-state index contributed by atoms with van der Waals surface area (Å²) >= 11 is 0. The minimum Gasteiger partial charge on any atom is -0.349 e. The third kappa shape index (κ3) is 3.06. The number of nitrogens with one attached hydrogen (secondary N) is 1. The monoisotopic (exact) mass is 250 g/mol. The first-order valence-electron chi connectivity index (χ1n) is 6.62. The van der Waals surface area contributed by atoms with Crippen molar-refractivity contribution in [3.05, 3.63) is 29.8 Å². The smallest absolute Gasteiger partial charge is 0.256 e. The Bertz CT molecular complexity index is 422. The number of nitrogens with zero attached hydrogens (tertiary/aromatic N) is 1. The molecule has 0 radical (unpaired) electrons. The fourth-order valence-corrected chi connectivity index (χ4v) is 2.61. The number of amides is 1. The lowest BCUT2D eigenvalue weighted by molar-refractivity contribution is 0.0914. The number of aromatic nitrogens is 1. The van der Waals surface area contributed by atoms with Crippen LogP contribution in [0.2, 0.25) is 0 Å². The number of carbonyl (C=O) groups excluding carboxylic acids is 1. The Hall–Kier alpha value is -1.45. The second kappa shape index (κ2) is 5.94. The fourth-order valence-electron chi connectivity index (χ4n) is 2.61. The van der Waals surface area contributed by atoms with Crippen molar-refractivity contribution in [2.75, 3.05) is 0 Å². The normalized spacial score (nSPS) is 23.7. The predicted molar refractivity (Wildman–Crippen MR) is 67.7 cm³/mol. The largest absolute Gasteiger partial charge is 0.349 e. The van der Waals surface area contributed by atoms with Gasteiger partial charge in [-0.2, -0.15) is 4.39 Å². The molecule has 1 aliphatic rings. The Labute approximate surface area is 107 Å². The molecule has 0 aliphatic heterocycles. The molecule has 2 atom stereocenters. The molecule has 1 heterocycles. The minimum atomic E-state index is -0.696. The molecule has 4 heteroatoms. The molecule has 1 N–H and O–H groups in total. The highest BCUT2D eigenvalue weighted by Crippen LogP contribution is 2.26. The molecule has 1 aromatic heterocycles. The standard InChI is InChI=1S/C14H19FN2O/c1-2-10-5-3-6-11(9-10)17-14(18)12-7-4-8-16-13(12)15/h4,7-8,10-11H,2-3,5-6,9H2,1H3,(H,17,18). The Morgan fingerprint density at radius 1 is 1.56 bits per heavy atom. The molecule has 0 bridgehead atoms. The van der Waals surface area contributed by atoms with Crippen molar-refractivity contribution in [1.82, 2.24) is 10.3 Å². The summed E-state index contributed by atoms with van der Waals surface area (Å²) in [7, 11) is 0. The van der Waals surface area contributed by atoms with Gasteiger partial charge in [-0.1, -0.05) is 26.2 Å². The zero-order valence-corrected chi connectivity index (χ0v) is 10.7. The van der Waals surface area contributed by atoms with Gasteiger partial charge in [-0.15, -0.1) is 0 Å². The van der Waals surface area contributed by atoms with Crippen LogP contribution in [0.25, 0.3) is 0 Å². The van der Waals surface area contributed by atoms with Crippen molar-refractivity contribution in [2.24, 2.45) is 5.92 Å². The number of hydrogen-bond donors (Lipinski definition) is 1. The average molecular weight is 250 g/mol. The highest BCUT2D eigenvalue weighted by Gasteiger charge is 2.23. The van der Waals surface area contributed by atoms with Crippen molar-refractivity contribution in [1.29, 1.82) is 0 Å². The molecule has 1 amide bonds. The highest BCUT2D eigenvalue weighted by atomic mass is 19.1. The van der Waals surface area contributed by atoms with Crippen LogP contribution in [0.4, 0.5) is 4.39 Å². The molecular weight excluding hydrogens is 231 g/mol. The van der Waals surface area contributed by atoms with Crippen LogP contribution in [-0.2, 0) is 0 Å². The van der Waals surface area contributed by atoms with Gasteiger partial charge in [0.05, 0.1) is 5.56 Å². The van der Waals surface area contributed by atoms with Crippen molar-refractivity contribution in [2.45, 2.75) is 45.1 Å². The number of carbonyl (C=O) groups is 1. The zero-order valence-electron chi connectivity index (χ0n) is 10.7. The molecule has 0 aromatic carbocycles. The number of pyridine rings is 1. The quantitative estimate of drug-likeness (QED) is 0.838. The summed E-state index contributed by atoms with van der Waals surface area (Å²) in [6.45, 7) is 2.18. The van der Waals surface area contributed by atoms with Gasteiger partial charge in [0.1, 0.15) is 0 Å². The summed E-state index contributed by atoms with van der Waals surface area (Å²) in [4.78, 5) is 15.4. The van der Waals surface area contributed by atoms with Gasteiger partial charge in [0, 0.05) is 12.2 Å². The van der Waals surface area contributed by atoms with Crippen LogP contribution >= 0.6 is 0 Å². The van der Waals surface area contributed by atoms with E-state index in [2.05, 4.69) is 17.2 Å². The molecular formula is C14H19FN2O. The van der Waals surface area contributed by atoms with Gasteiger partial charge in [-0.25, -0.2) is 4.98 Å². The summed E-state index contributed by atoms with van der Waals surface area (Å²) in [6, 6.07) is 3.22. The van der Waals surface area contributed by atoms with Gasteiger partial charge in [-0.05, 0) is 30.9 Å². The summed E-state index contributed by atoms with van der Waals surface area (Å²) in [6.07, 6.45) is 6.87. The average Bonchev–Trinajstić information content (AvgIpc) is 2.39. The number of hydrogen-bond acceptors (Lipinski definition) is 2. The van der Waals surface area contributed by atoms with E-state index in [4.69, 9.17) is 0 Å². The lowest BCUT2D eigenvalue weighted by Gasteiger charge is -2.29. The SMILES string of the molecule is CCC1CCCC(NC(=O)c2cccnc2F)C1. The summed E-state index contributed by atoms with van der Waals surface area (Å²) in [5.41, 5.74) is 0.0381. The lowest BCUT2D eigenvalue weighted by atomic mass is 9.84. The van der Waals surface area contributed by atoms with E-state index in [9.17, 15) is 9.18 Å². The van der Waals surface area contributed by atoms with Gasteiger partial charge < -0.3 is 5.32 Å². The zero-order chi connectivity index (χ0) is 13.0. The number of halogens is 1. The van der Waals surface area contributed by atoms with E-state index in [0.717, 1.165) is 25.7 Å². The van der Waals surface area contributed by atoms with Crippen LogP contribution in [0, 0.1) is 11.9 Å².